The van der Waals surface area contributed by atoms with Crippen LogP contribution in [-0.2, 0) is 13.0 Å². The molecule has 1 aromatic carbocycles. The lowest BCUT2D eigenvalue weighted by molar-refractivity contribution is 0.102. The third-order valence-corrected chi connectivity index (χ3v) is 5.98. The Labute approximate surface area is 151 Å². The maximum Gasteiger partial charge on any atom is 0.257 e. The van der Waals surface area contributed by atoms with E-state index in [0.29, 0.717) is 15.9 Å². The maximum absolute atomic E-state index is 12.4. The molecule has 0 bridgehead atoms. The number of fused-ring (bicyclic) bond motifs is 1. The normalized spacial score (nSPS) is 14.7. The number of aromatic nitrogens is 1. The quantitative estimate of drug-likeness (QED) is 0.808. The van der Waals surface area contributed by atoms with Crippen molar-refractivity contribution in [1.29, 1.82) is 0 Å². The summed E-state index contributed by atoms with van der Waals surface area (Å²) in [6.45, 7) is 9.55. The lowest BCUT2D eigenvalue weighted by Crippen LogP contribution is -2.29. The average molecular weight is 362 g/mol. The number of amides is 1. The van der Waals surface area contributed by atoms with E-state index >= 15 is 0 Å². The van der Waals surface area contributed by atoms with Crippen LogP contribution in [-0.4, -0.2) is 34.1 Å². The second kappa shape index (κ2) is 7.68. The third-order valence-electron chi connectivity index (χ3n) is 3.97. The van der Waals surface area contributed by atoms with Crippen LogP contribution in [0.5, 0.6) is 0 Å². The van der Waals surface area contributed by atoms with Gasteiger partial charge in [-0.05, 0) is 30.8 Å². The van der Waals surface area contributed by atoms with Gasteiger partial charge in [-0.15, -0.1) is 23.1 Å². The third kappa shape index (κ3) is 4.18. The van der Waals surface area contributed by atoms with Crippen molar-refractivity contribution in [3.05, 3.63) is 40.4 Å². The van der Waals surface area contributed by atoms with Crippen molar-refractivity contribution in [3.63, 3.8) is 0 Å². The second-order valence-electron chi connectivity index (χ2n) is 6.15. The van der Waals surface area contributed by atoms with Gasteiger partial charge in [0.05, 0.1) is 5.69 Å². The Morgan fingerprint density at radius 3 is 2.79 bits per heavy atom. The summed E-state index contributed by atoms with van der Waals surface area (Å²) in [5.41, 5.74) is 1.81. The van der Waals surface area contributed by atoms with E-state index in [1.165, 1.54) is 9.77 Å². The van der Waals surface area contributed by atoms with Crippen molar-refractivity contribution in [2.75, 3.05) is 18.4 Å². The number of carbonyl (C=O) groups is 1. The molecule has 2 aromatic rings. The highest BCUT2D eigenvalue weighted by atomic mass is 32.2. The predicted octanol–water partition coefficient (Wildman–Crippen LogP) is 4.27. The van der Waals surface area contributed by atoms with E-state index in [0.717, 1.165) is 31.7 Å². The van der Waals surface area contributed by atoms with Crippen LogP contribution >= 0.6 is 23.1 Å². The van der Waals surface area contributed by atoms with Gasteiger partial charge in [0.2, 0.25) is 0 Å². The molecule has 3 rings (SSSR count). The van der Waals surface area contributed by atoms with Crippen LogP contribution in [0.15, 0.2) is 29.2 Å². The van der Waals surface area contributed by atoms with Crippen molar-refractivity contribution in [1.82, 2.24) is 9.88 Å². The molecule has 128 valence electrons. The van der Waals surface area contributed by atoms with Gasteiger partial charge >= 0.3 is 0 Å². The van der Waals surface area contributed by atoms with Gasteiger partial charge < -0.3 is 0 Å². The second-order valence-corrected chi connectivity index (χ2v) is 8.89. The van der Waals surface area contributed by atoms with E-state index in [4.69, 9.17) is 0 Å². The fourth-order valence-corrected chi connectivity index (χ4v) is 4.58. The first-order valence-electron chi connectivity index (χ1n) is 8.34. The summed E-state index contributed by atoms with van der Waals surface area (Å²) in [5.74, 6) is -0.0884. The minimum absolute atomic E-state index is 0.0884. The highest BCUT2D eigenvalue weighted by molar-refractivity contribution is 7.99. The van der Waals surface area contributed by atoms with Gasteiger partial charge in [0.25, 0.3) is 5.91 Å². The van der Waals surface area contributed by atoms with E-state index in [9.17, 15) is 4.79 Å². The standard InChI is InChI=1S/C18H23N3OS2/c1-4-21-10-9-15-16(11-21)24-18(19-15)20-17(22)13-5-7-14(8-6-13)23-12(2)3/h5-8,12H,4,9-11H2,1-3H3,(H,19,20,22). The van der Waals surface area contributed by atoms with E-state index in [1.54, 1.807) is 23.1 Å². The van der Waals surface area contributed by atoms with Gasteiger partial charge in [-0.3, -0.25) is 15.0 Å². The number of anilines is 1. The molecule has 0 aliphatic carbocycles. The van der Waals surface area contributed by atoms with Crippen LogP contribution < -0.4 is 5.32 Å². The highest BCUT2D eigenvalue weighted by Gasteiger charge is 2.20. The SMILES string of the molecule is CCN1CCc2nc(NC(=O)c3ccc(SC(C)C)cc3)sc2C1. The van der Waals surface area contributed by atoms with Crippen molar-refractivity contribution in [2.45, 2.75) is 43.9 Å². The Balaban J connectivity index is 1.66. The molecule has 1 N–H and O–H groups in total. The lowest BCUT2D eigenvalue weighted by atomic mass is 10.2. The monoisotopic (exact) mass is 361 g/mol. The van der Waals surface area contributed by atoms with Gasteiger partial charge in [-0.25, -0.2) is 4.98 Å². The zero-order valence-corrected chi connectivity index (χ0v) is 16.0. The number of hydrogen-bond acceptors (Lipinski definition) is 5. The first-order chi connectivity index (χ1) is 11.5. The summed E-state index contributed by atoms with van der Waals surface area (Å²) in [6.07, 6.45) is 0.969. The fourth-order valence-electron chi connectivity index (χ4n) is 2.70. The van der Waals surface area contributed by atoms with Crippen molar-refractivity contribution >= 4 is 34.1 Å². The number of carbonyl (C=O) groups excluding carboxylic acids is 1. The molecule has 1 aliphatic heterocycles. The Morgan fingerprint density at radius 2 is 2.12 bits per heavy atom. The van der Waals surface area contributed by atoms with E-state index in [1.807, 2.05) is 24.3 Å². The fraction of sp³-hybridized carbons (Fsp3) is 0.444. The van der Waals surface area contributed by atoms with Gasteiger partial charge in [-0.1, -0.05) is 20.8 Å². The maximum atomic E-state index is 12.4. The first kappa shape index (κ1) is 17.5. The molecular formula is C18H23N3OS2. The van der Waals surface area contributed by atoms with E-state index in [2.05, 4.69) is 36.0 Å². The van der Waals surface area contributed by atoms with Crippen LogP contribution in [0.1, 0.15) is 41.7 Å². The Hall–Kier alpha value is -1.37. The van der Waals surface area contributed by atoms with Crippen LogP contribution in [0, 0.1) is 0 Å². The van der Waals surface area contributed by atoms with Crippen LogP contribution in [0.3, 0.4) is 0 Å². The topological polar surface area (TPSA) is 45.2 Å². The van der Waals surface area contributed by atoms with Gasteiger partial charge in [-0.2, -0.15) is 0 Å². The van der Waals surface area contributed by atoms with Crippen molar-refractivity contribution in [3.8, 4) is 0 Å². The summed E-state index contributed by atoms with van der Waals surface area (Å²) in [6, 6.07) is 7.77. The zero-order valence-electron chi connectivity index (χ0n) is 14.3. The minimum atomic E-state index is -0.0884. The zero-order chi connectivity index (χ0) is 17.1. The Morgan fingerprint density at radius 1 is 1.38 bits per heavy atom. The molecular weight excluding hydrogens is 338 g/mol. The molecule has 6 heteroatoms. The first-order valence-corrected chi connectivity index (χ1v) is 10.0. The number of benzene rings is 1. The van der Waals surface area contributed by atoms with Gasteiger partial charge in [0.1, 0.15) is 0 Å². The molecule has 0 spiro atoms. The molecule has 0 saturated heterocycles. The molecule has 4 nitrogen and oxygen atoms in total. The Bertz CT molecular complexity index is 710. The summed E-state index contributed by atoms with van der Waals surface area (Å²) < 4.78 is 0. The molecule has 2 heterocycles. The molecule has 0 atom stereocenters. The number of nitrogens with zero attached hydrogens (tertiary/aromatic N) is 2. The smallest absolute Gasteiger partial charge is 0.257 e. The molecule has 1 amide bonds. The Kier molecular flexibility index (Phi) is 5.58. The summed E-state index contributed by atoms with van der Waals surface area (Å²) in [4.78, 5) is 21.9. The van der Waals surface area contributed by atoms with Gasteiger partial charge in [0.15, 0.2) is 5.13 Å². The number of rotatable bonds is 5. The molecule has 24 heavy (non-hydrogen) atoms. The largest absolute Gasteiger partial charge is 0.298 e. The van der Waals surface area contributed by atoms with Crippen LogP contribution in [0.25, 0.3) is 0 Å². The molecule has 0 unspecified atom stereocenters. The van der Waals surface area contributed by atoms with E-state index < -0.39 is 0 Å². The number of likely N-dealkylation sites (N-methyl/N-ethyl adjacent to an activating group) is 1. The molecule has 1 aliphatic rings. The number of hydrogen-bond donors (Lipinski definition) is 1. The predicted molar refractivity (Wildman–Crippen MR) is 102 cm³/mol. The number of thiazole rings is 1. The van der Waals surface area contributed by atoms with E-state index in [-0.39, 0.29) is 5.91 Å². The summed E-state index contributed by atoms with van der Waals surface area (Å²) in [7, 11) is 0. The summed E-state index contributed by atoms with van der Waals surface area (Å²) in [5, 5.41) is 4.20. The van der Waals surface area contributed by atoms with Crippen LogP contribution in [0.2, 0.25) is 0 Å². The lowest BCUT2D eigenvalue weighted by Gasteiger charge is -2.23. The molecule has 0 radical (unpaired) electrons. The van der Waals surface area contributed by atoms with Crippen LogP contribution in [0.4, 0.5) is 5.13 Å². The highest BCUT2D eigenvalue weighted by Crippen LogP contribution is 2.29. The minimum Gasteiger partial charge on any atom is -0.298 e. The number of nitrogens with one attached hydrogen (secondary N) is 1. The molecule has 0 fully saturated rings. The number of thioether (sulfide) groups is 1. The van der Waals surface area contributed by atoms with Crippen molar-refractivity contribution < 1.29 is 4.79 Å². The van der Waals surface area contributed by atoms with Gasteiger partial charge in [0, 0.05) is 40.1 Å². The van der Waals surface area contributed by atoms with Crippen molar-refractivity contribution in [2.24, 2.45) is 0 Å². The molecule has 0 saturated carbocycles. The molecule has 1 aromatic heterocycles. The average Bonchev–Trinajstić information content (AvgIpc) is 2.96. The summed E-state index contributed by atoms with van der Waals surface area (Å²) >= 11 is 3.40.